The van der Waals surface area contributed by atoms with E-state index in [9.17, 15) is 9.18 Å². The van der Waals surface area contributed by atoms with Crippen molar-refractivity contribution in [3.05, 3.63) is 48.2 Å². The summed E-state index contributed by atoms with van der Waals surface area (Å²) in [7, 11) is 0. The number of hydrazine groups is 1. The molecule has 21 heavy (non-hydrogen) atoms. The number of pyridine rings is 2. The molecule has 0 radical (unpaired) electrons. The van der Waals surface area contributed by atoms with Crippen molar-refractivity contribution in [2.45, 2.75) is 4.90 Å². The molecule has 0 aliphatic carbocycles. The van der Waals surface area contributed by atoms with Gasteiger partial charge in [0, 0.05) is 23.9 Å². The monoisotopic (exact) mass is 302 g/mol. The number of carbonyl (C=O) groups is 1. The van der Waals surface area contributed by atoms with Crippen molar-refractivity contribution in [1.29, 1.82) is 0 Å². The van der Waals surface area contributed by atoms with Crippen LogP contribution in [0.4, 0.5) is 10.2 Å². The van der Waals surface area contributed by atoms with Crippen molar-refractivity contribution in [2.75, 3.05) is 11.7 Å². The minimum absolute atomic E-state index is 0.453. The molecule has 0 aromatic carbocycles. The summed E-state index contributed by atoms with van der Waals surface area (Å²) in [5, 5.41) is 0. The largest absolute Gasteiger partial charge is 0.314 e. The third-order valence-electron chi connectivity index (χ3n) is 2.33. The van der Waals surface area contributed by atoms with Crippen molar-refractivity contribution in [3.8, 4) is 11.8 Å². The van der Waals surface area contributed by atoms with E-state index in [0.29, 0.717) is 11.4 Å². The zero-order valence-corrected chi connectivity index (χ0v) is 11.9. The number of amides is 1. The van der Waals surface area contributed by atoms with Gasteiger partial charge in [0.05, 0.1) is 4.90 Å². The van der Waals surface area contributed by atoms with Gasteiger partial charge in [-0.05, 0) is 30.5 Å². The lowest BCUT2D eigenvalue weighted by Crippen LogP contribution is -2.28. The Labute approximate surface area is 125 Å². The van der Waals surface area contributed by atoms with E-state index in [1.807, 2.05) is 12.3 Å². The molecule has 0 saturated heterocycles. The van der Waals surface area contributed by atoms with Crippen molar-refractivity contribution < 1.29 is 9.18 Å². The number of thioether (sulfide) groups is 1. The van der Waals surface area contributed by atoms with E-state index in [-0.39, 0.29) is 0 Å². The Balaban J connectivity index is 1.95. The fraction of sp³-hybridized carbons (Fsp3) is 0.0714. The third-order valence-corrected chi connectivity index (χ3v) is 3.10. The minimum Gasteiger partial charge on any atom is -0.280 e. The number of hydrogen-bond acceptors (Lipinski definition) is 5. The van der Waals surface area contributed by atoms with Gasteiger partial charge in [-0.2, -0.15) is 4.39 Å². The molecule has 2 aromatic heterocycles. The number of nitrogens with zero attached hydrogens (tertiary/aromatic N) is 2. The first kappa shape index (κ1) is 14.8. The smallest absolute Gasteiger partial charge is 0.280 e. The van der Waals surface area contributed by atoms with E-state index in [4.69, 9.17) is 0 Å². The van der Waals surface area contributed by atoms with Crippen LogP contribution >= 0.6 is 11.8 Å². The van der Waals surface area contributed by atoms with Gasteiger partial charge >= 0.3 is 5.91 Å². The highest BCUT2D eigenvalue weighted by molar-refractivity contribution is 7.98. The zero-order valence-electron chi connectivity index (χ0n) is 11.1. The molecule has 0 saturated carbocycles. The molecule has 0 atom stereocenters. The van der Waals surface area contributed by atoms with Crippen molar-refractivity contribution in [2.24, 2.45) is 0 Å². The lowest BCUT2D eigenvalue weighted by molar-refractivity contribution is -0.115. The van der Waals surface area contributed by atoms with Crippen molar-refractivity contribution in [1.82, 2.24) is 15.4 Å². The quantitative estimate of drug-likeness (QED) is 0.392. The van der Waals surface area contributed by atoms with Crippen LogP contribution in [0, 0.1) is 17.8 Å². The first-order valence-corrected chi connectivity index (χ1v) is 7.10. The molecule has 1 amide bonds. The number of hydrogen-bond donors (Lipinski definition) is 2. The highest BCUT2D eigenvalue weighted by atomic mass is 32.2. The average Bonchev–Trinajstić information content (AvgIpc) is 2.52. The van der Waals surface area contributed by atoms with Gasteiger partial charge in [-0.25, -0.2) is 9.97 Å². The molecule has 5 nitrogen and oxygen atoms in total. The van der Waals surface area contributed by atoms with E-state index >= 15 is 0 Å². The number of aromatic nitrogens is 2. The molecule has 0 aliphatic rings. The maximum Gasteiger partial charge on any atom is 0.314 e. The summed E-state index contributed by atoms with van der Waals surface area (Å²) in [6.07, 6.45) is 4.78. The number of nitrogens with one attached hydrogen (secondary N) is 2. The fourth-order valence-corrected chi connectivity index (χ4v) is 1.89. The van der Waals surface area contributed by atoms with Crippen LogP contribution in [0.3, 0.4) is 0 Å². The Morgan fingerprint density at radius 1 is 1.33 bits per heavy atom. The third kappa shape index (κ3) is 4.47. The van der Waals surface area contributed by atoms with E-state index in [2.05, 4.69) is 32.7 Å². The topological polar surface area (TPSA) is 66.9 Å². The van der Waals surface area contributed by atoms with Crippen LogP contribution in [0.15, 0.2) is 41.6 Å². The predicted octanol–water partition coefficient (Wildman–Crippen LogP) is 1.83. The molecule has 106 valence electrons. The standard InChI is InChI=1S/C14H11FN4OS/c1-21-11-3-2-8-16-14(11)19-18-13(20)7-5-10-4-6-12(15)17-9-10/h2-4,6,8-9H,1H3,(H,16,19)(H,18,20). The van der Waals surface area contributed by atoms with Gasteiger partial charge in [-0.1, -0.05) is 5.92 Å². The van der Waals surface area contributed by atoms with Crippen LogP contribution < -0.4 is 10.9 Å². The Morgan fingerprint density at radius 3 is 2.90 bits per heavy atom. The van der Waals surface area contributed by atoms with Gasteiger partial charge in [-0.3, -0.25) is 15.6 Å². The second-order valence-corrected chi connectivity index (χ2v) is 4.60. The number of rotatable bonds is 3. The SMILES string of the molecule is CSc1cccnc1NNC(=O)C#Cc1ccc(F)nc1. The van der Waals surface area contributed by atoms with Crippen LogP contribution in [0.5, 0.6) is 0 Å². The summed E-state index contributed by atoms with van der Waals surface area (Å²) in [4.78, 5) is 20.0. The first-order valence-electron chi connectivity index (χ1n) is 5.87. The summed E-state index contributed by atoms with van der Waals surface area (Å²) < 4.78 is 12.6. The summed E-state index contributed by atoms with van der Waals surface area (Å²) in [6, 6.07) is 6.31. The van der Waals surface area contributed by atoms with Crippen molar-refractivity contribution in [3.63, 3.8) is 0 Å². The van der Waals surface area contributed by atoms with Gasteiger partial charge in [0.1, 0.15) is 0 Å². The van der Waals surface area contributed by atoms with Gasteiger partial charge in [0.15, 0.2) is 5.82 Å². The lowest BCUT2D eigenvalue weighted by Gasteiger charge is -2.07. The molecule has 2 heterocycles. The summed E-state index contributed by atoms with van der Waals surface area (Å²) in [5.41, 5.74) is 5.58. The predicted molar refractivity (Wildman–Crippen MR) is 78.9 cm³/mol. The maximum atomic E-state index is 12.6. The molecule has 0 fully saturated rings. The van der Waals surface area contributed by atoms with Crippen molar-refractivity contribution >= 4 is 23.5 Å². The number of halogens is 1. The van der Waals surface area contributed by atoms with Gasteiger partial charge in [0.25, 0.3) is 0 Å². The molecule has 2 N–H and O–H groups in total. The number of carbonyl (C=O) groups excluding carboxylic acids is 1. The van der Waals surface area contributed by atoms with Gasteiger partial charge < -0.3 is 0 Å². The first-order chi connectivity index (χ1) is 10.2. The van der Waals surface area contributed by atoms with E-state index in [0.717, 1.165) is 4.90 Å². The Hall–Kier alpha value is -2.59. The van der Waals surface area contributed by atoms with Crippen LogP contribution in [0.2, 0.25) is 0 Å². The molecular weight excluding hydrogens is 291 g/mol. The van der Waals surface area contributed by atoms with Crippen LogP contribution in [-0.2, 0) is 4.79 Å². The average molecular weight is 302 g/mol. The lowest BCUT2D eigenvalue weighted by atomic mass is 10.3. The molecule has 7 heteroatoms. The minimum atomic E-state index is -0.591. The van der Waals surface area contributed by atoms with E-state index in [1.54, 1.807) is 12.3 Å². The summed E-state index contributed by atoms with van der Waals surface area (Å²) in [6.45, 7) is 0. The molecule has 0 aliphatic heterocycles. The van der Waals surface area contributed by atoms with Gasteiger partial charge in [0.2, 0.25) is 5.95 Å². The second-order valence-electron chi connectivity index (χ2n) is 3.75. The zero-order chi connectivity index (χ0) is 15.1. The van der Waals surface area contributed by atoms with Gasteiger partial charge in [-0.15, -0.1) is 11.8 Å². The molecule has 0 spiro atoms. The summed E-state index contributed by atoms with van der Waals surface area (Å²) >= 11 is 1.50. The van der Waals surface area contributed by atoms with E-state index in [1.165, 1.54) is 30.1 Å². The Kier molecular flexibility index (Phi) is 5.12. The highest BCUT2D eigenvalue weighted by Gasteiger charge is 2.02. The normalized spacial score (nSPS) is 9.43. The number of anilines is 1. The molecule has 2 aromatic rings. The molecule has 0 unspecified atom stereocenters. The van der Waals surface area contributed by atoms with Crippen LogP contribution in [0.25, 0.3) is 0 Å². The fourth-order valence-electron chi connectivity index (χ4n) is 1.38. The molecule has 0 bridgehead atoms. The molecule has 2 rings (SSSR count). The Bertz CT molecular complexity index is 694. The van der Waals surface area contributed by atoms with Crippen LogP contribution in [0.1, 0.15) is 5.56 Å². The van der Waals surface area contributed by atoms with Crippen LogP contribution in [-0.4, -0.2) is 22.1 Å². The Morgan fingerprint density at radius 2 is 2.19 bits per heavy atom. The molecular formula is C14H11FN4OS. The highest BCUT2D eigenvalue weighted by Crippen LogP contribution is 2.21. The maximum absolute atomic E-state index is 12.6. The van der Waals surface area contributed by atoms with E-state index < -0.39 is 11.9 Å². The summed E-state index contributed by atoms with van der Waals surface area (Å²) in [5.74, 6) is 4.37. The second kappa shape index (κ2) is 7.26.